The fourth-order valence-electron chi connectivity index (χ4n) is 2.24. The molecule has 0 amide bonds. The number of allylic oxidation sites excluding steroid dienone is 1. The summed E-state index contributed by atoms with van der Waals surface area (Å²) >= 11 is 0. The first-order valence-electron chi connectivity index (χ1n) is 6.92. The molecule has 7 heteroatoms. The van der Waals surface area contributed by atoms with E-state index in [2.05, 4.69) is 20.2 Å². The van der Waals surface area contributed by atoms with E-state index in [0.717, 1.165) is 11.6 Å². The number of nitrogens with one attached hydrogen (secondary N) is 1. The second-order valence-electron chi connectivity index (χ2n) is 4.97. The van der Waals surface area contributed by atoms with Crippen LogP contribution in [0.1, 0.15) is 33.1 Å². The molecular weight excluding hydrogens is 296 g/mol. The minimum atomic E-state index is -0.359. The topological polar surface area (TPSA) is 105 Å². The summed E-state index contributed by atoms with van der Waals surface area (Å²) in [7, 11) is 0. The maximum atomic E-state index is 12.5. The van der Waals surface area contributed by atoms with Gasteiger partial charge in [0.05, 0.1) is 11.8 Å². The van der Waals surface area contributed by atoms with E-state index in [-0.39, 0.29) is 17.4 Å². The third-order valence-electron chi connectivity index (χ3n) is 3.32. The van der Waals surface area contributed by atoms with Gasteiger partial charge in [-0.05, 0) is 30.2 Å². The highest BCUT2D eigenvalue weighted by molar-refractivity contribution is 6.09. The molecule has 23 heavy (non-hydrogen) atoms. The van der Waals surface area contributed by atoms with Gasteiger partial charge >= 0.3 is 0 Å². The molecule has 0 fully saturated rings. The molecule has 3 aromatic rings. The molecule has 0 aromatic carbocycles. The molecule has 2 N–H and O–H groups in total. The first-order valence-corrected chi connectivity index (χ1v) is 6.92. The zero-order valence-corrected chi connectivity index (χ0v) is 12.4. The molecule has 0 bridgehead atoms. The summed E-state index contributed by atoms with van der Waals surface area (Å²) in [6, 6.07) is 3.71. The lowest BCUT2D eigenvalue weighted by Crippen LogP contribution is -2.02. The first kappa shape index (κ1) is 14.7. The van der Waals surface area contributed by atoms with Gasteiger partial charge in [0.1, 0.15) is 12.1 Å². The van der Waals surface area contributed by atoms with Gasteiger partial charge in [-0.1, -0.05) is 0 Å². The Hall–Kier alpha value is -3.22. The molecule has 0 saturated heterocycles. The summed E-state index contributed by atoms with van der Waals surface area (Å²) in [5.41, 5.74) is 2.12. The third-order valence-corrected chi connectivity index (χ3v) is 3.32. The molecule has 0 spiro atoms. The van der Waals surface area contributed by atoms with Crippen molar-refractivity contribution in [2.24, 2.45) is 0 Å². The lowest BCUT2D eigenvalue weighted by Gasteiger charge is -2.02. The normalized spacial score (nSPS) is 11.6. The molecule has 3 heterocycles. The maximum absolute atomic E-state index is 12.5. The fraction of sp³-hybridized carbons (Fsp3) is 0.125. The standard InChI is InChI=1S/C16H14N4O3/c1-10-8-23-14(6-11-2-4-17-5-3-11)15(10)12(21)7-13(22)16-18-9-19-20-16/h2-5,7-9,22H,6H2,1H3,(H,18,19,20). The van der Waals surface area contributed by atoms with Crippen LogP contribution in [-0.2, 0) is 6.42 Å². The van der Waals surface area contributed by atoms with Gasteiger partial charge in [0.2, 0.25) is 5.82 Å². The van der Waals surface area contributed by atoms with Crippen LogP contribution >= 0.6 is 0 Å². The molecule has 0 saturated carbocycles. The predicted molar refractivity (Wildman–Crippen MR) is 81.8 cm³/mol. The van der Waals surface area contributed by atoms with E-state index in [1.54, 1.807) is 19.3 Å². The largest absolute Gasteiger partial charge is 0.504 e. The molecule has 3 aromatic heterocycles. The Morgan fingerprint density at radius 3 is 2.87 bits per heavy atom. The Kier molecular flexibility index (Phi) is 4.01. The van der Waals surface area contributed by atoms with Crippen molar-refractivity contribution in [1.29, 1.82) is 0 Å². The van der Waals surface area contributed by atoms with E-state index in [1.165, 1.54) is 12.6 Å². The van der Waals surface area contributed by atoms with E-state index < -0.39 is 0 Å². The van der Waals surface area contributed by atoms with Crippen molar-refractivity contribution in [2.45, 2.75) is 13.3 Å². The van der Waals surface area contributed by atoms with Crippen molar-refractivity contribution < 1.29 is 14.3 Å². The number of hydrogen-bond acceptors (Lipinski definition) is 6. The number of ketones is 1. The third kappa shape index (κ3) is 3.18. The van der Waals surface area contributed by atoms with Crippen LogP contribution in [-0.4, -0.2) is 31.1 Å². The number of aromatic nitrogens is 4. The van der Waals surface area contributed by atoms with Gasteiger partial charge in [-0.2, -0.15) is 5.10 Å². The van der Waals surface area contributed by atoms with E-state index in [1.807, 2.05) is 12.1 Å². The maximum Gasteiger partial charge on any atom is 0.215 e. The average Bonchev–Trinajstić information content (AvgIpc) is 3.18. The number of carbonyl (C=O) groups excluding carboxylic acids is 1. The van der Waals surface area contributed by atoms with Gasteiger partial charge in [-0.25, -0.2) is 4.98 Å². The van der Waals surface area contributed by atoms with E-state index >= 15 is 0 Å². The monoisotopic (exact) mass is 310 g/mol. The van der Waals surface area contributed by atoms with E-state index in [9.17, 15) is 9.90 Å². The number of carbonyl (C=O) groups is 1. The van der Waals surface area contributed by atoms with Crippen molar-refractivity contribution in [3.63, 3.8) is 0 Å². The fourth-order valence-corrected chi connectivity index (χ4v) is 2.24. The van der Waals surface area contributed by atoms with Crippen LogP contribution in [0.5, 0.6) is 0 Å². The molecule has 116 valence electrons. The number of furan rings is 1. The van der Waals surface area contributed by atoms with Crippen LogP contribution in [0.2, 0.25) is 0 Å². The van der Waals surface area contributed by atoms with E-state index in [0.29, 0.717) is 23.3 Å². The molecule has 0 aliphatic rings. The highest BCUT2D eigenvalue weighted by Gasteiger charge is 2.18. The Morgan fingerprint density at radius 2 is 2.17 bits per heavy atom. The summed E-state index contributed by atoms with van der Waals surface area (Å²) in [5.74, 6) is -0.0535. The first-order chi connectivity index (χ1) is 11.1. The van der Waals surface area contributed by atoms with Crippen LogP contribution in [0.3, 0.4) is 0 Å². The van der Waals surface area contributed by atoms with Crippen LogP contribution in [0.15, 0.2) is 47.6 Å². The number of rotatable bonds is 5. The Labute approximate surface area is 131 Å². The molecule has 0 atom stereocenters. The van der Waals surface area contributed by atoms with Gasteiger partial charge in [-0.3, -0.25) is 14.9 Å². The van der Waals surface area contributed by atoms with Crippen LogP contribution in [0.4, 0.5) is 0 Å². The number of aryl methyl sites for hydroxylation is 1. The van der Waals surface area contributed by atoms with Crippen molar-refractivity contribution in [3.8, 4) is 0 Å². The second-order valence-corrected chi connectivity index (χ2v) is 4.97. The van der Waals surface area contributed by atoms with Gasteiger partial charge in [0, 0.05) is 24.9 Å². The molecular formula is C16H14N4O3. The number of aromatic amines is 1. The van der Waals surface area contributed by atoms with Gasteiger partial charge in [0.15, 0.2) is 11.5 Å². The molecule has 3 rings (SSSR count). The second kappa shape index (κ2) is 6.27. The van der Waals surface area contributed by atoms with Crippen molar-refractivity contribution in [3.05, 3.63) is 71.5 Å². The zero-order chi connectivity index (χ0) is 16.2. The Bertz CT molecular complexity index is 836. The smallest absolute Gasteiger partial charge is 0.215 e. The molecule has 7 nitrogen and oxygen atoms in total. The van der Waals surface area contributed by atoms with Crippen LogP contribution < -0.4 is 0 Å². The molecule has 0 radical (unpaired) electrons. The molecule has 0 aliphatic heterocycles. The SMILES string of the molecule is Cc1coc(Cc2ccncc2)c1C(=O)C=C(O)c1nc[nH]n1. The summed E-state index contributed by atoms with van der Waals surface area (Å²) in [4.78, 5) is 20.2. The van der Waals surface area contributed by atoms with Crippen LogP contribution in [0, 0.1) is 6.92 Å². The zero-order valence-electron chi connectivity index (χ0n) is 12.4. The summed E-state index contributed by atoms with van der Waals surface area (Å²) in [5, 5.41) is 16.1. The Balaban J connectivity index is 1.89. The predicted octanol–water partition coefficient (Wildman–Crippen LogP) is 2.47. The minimum Gasteiger partial charge on any atom is -0.504 e. The number of aliphatic hydroxyl groups is 1. The number of pyridine rings is 1. The Morgan fingerprint density at radius 1 is 1.39 bits per heavy atom. The summed E-state index contributed by atoms with van der Waals surface area (Å²) in [6.07, 6.45) is 7.77. The van der Waals surface area contributed by atoms with Gasteiger partial charge in [-0.15, -0.1) is 0 Å². The summed E-state index contributed by atoms with van der Waals surface area (Å²) in [6.45, 7) is 1.78. The molecule has 0 aliphatic carbocycles. The van der Waals surface area contributed by atoms with E-state index in [4.69, 9.17) is 4.42 Å². The van der Waals surface area contributed by atoms with Gasteiger partial charge < -0.3 is 9.52 Å². The number of hydrogen-bond donors (Lipinski definition) is 2. The van der Waals surface area contributed by atoms with Crippen molar-refractivity contribution in [1.82, 2.24) is 20.2 Å². The highest BCUT2D eigenvalue weighted by Crippen LogP contribution is 2.22. The number of aliphatic hydroxyl groups excluding tert-OH is 1. The summed E-state index contributed by atoms with van der Waals surface area (Å²) < 4.78 is 5.50. The lowest BCUT2D eigenvalue weighted by molar-refractivity contribution is 0.104. The highest BCUT2D eigenvalue weighted by atomic mass is 16.3. The molecule has 0 unspecified atom stereocenters. The van der Waals surface area contributed by atoms with Gasteiger partial charge in [0.25, 0.3) is 0 Å². The minimum absolute atomic E-state index is 0.0650. The van der Waals surface area contributed by atoms with Crippen molar-refractivity contribution in [2.75, 3.05) is 0 Å². The van der Waals surface area contributed by atoms with Crippen molar-refractivity contribution >= 4 is 11.5 Å². The van der Waals surface area contributed by atoms with Crippen LogP contribution in [0.25, 0.3) is 5.76 Å². The average molecular weight is 310 g/mol. The number of H-pyrrole nitrogens is 1. The number of nitrogens with zero attached hydrogens (tertiary/aromatic N) is 3. The lowest BCUT2D eigenvalue weighted by atomic mass is 10.0. The quantitative estimate of drug-likeness (QED) is 0.426.